The van der Waals surface area contributed by atoms with Gasteiger partial charge in [0.15, 0.2) is 0 Å². The SMILES string of the molecule is Cn1cc(-c2ccnc(N3CCn4c(cc5c4CC(C)(C)C5)C3=O)c2CO)cc(Nc2ccc(N3CCN(C(=O)CCCCCCOCCOCC(=O)Nc4cccc5c4C(=O)N(C4CCC(=O)NC4=O)C5=O)CC3)cn2)c1=O. The maximum Gasteiger partial charge on any atom is 0.276 e. The summed E-state index contributed by atoms with van der Waals surface area (Å²) >= 11 is 0. The van der Waals surface area contributed by atoms with Crippen molar-refractivity contribution in [3.63, 3.8) is 0 Å². The molecule has 79 heavy (non-hydrogen) atoms. The summed E-state index contributed by atoms with van der Waals surface area (Å²) in [7, 11) is 1.66. The highest BCUT2D eigenvalue weighted by Crippen LogP contribution is 2.40. The Bertz CT molecular complexity index is 3290. The maximum atomic E-state index is 14.0. The molecule has 1 aliphatic carbocycles. The average Bonchev–Trinajstić information content (AvgIpc) is 4.04. The highest BCUT2D eigenvalue weighted by Gasteiger charge is 2.46. The zero-order valence-corrected chi connectivity index (χ0v) is 44.7. The molecule has 0 spiro atoms. The number of unbranched alkanes of at least 4 members (excludes halogenated alkanes) is 3. The first-order valence-corrected chi connectivity index (χ1v) is 27.0. The molecular weight excluding hydrogens is 1010 g/mol. The number of nitrogens with zero attached hydrogens (tertiary/aromatic N) is 8. The van der Waals surface area contributed by atoms with Crippen molar-refractivity contribution in [3.05, 3.63) is 111 Å². The van der Waals surface area contributed by atoms with Gasteiger partial charge in [-0.05, 0) is 91.1 Å². The Morgan fingerprint density at radius 2 is 1.62 bits per heavy atom. The zero-order valence-electron chi connectivity index (χ0n) is 44.7. The standard InChI is InChI=1S/C57H65N11O11/c1-57(2)29-35-28-44-55(76)67(23-22-66(44)45(35)30-57)51-40(33-69)38(16-17-58-51)36-27-42(54(75)63(3)32-36)60-46-14-12-37(31-59-46)64-18-20-65(21-19-64)49(72)11-6-4-5-7-24-78-25-26-79-34-48(71)61-41-10-8-9-39-50(41)56(77)68(53(39)74)43-13-15-47(70)62-52(43)73/h8-10,12,14,16-17,27-28,31-32,43,69H,4-7,11,13,15,18-26,29-30,33-34H2,1-3H3,(H,59,60)(H,61,71)(H,62,70,73). The molecule has 0 saturated carbocycles. The number of aromatic nitrogens is 4. The molecule has 7 amide bonds. The Morgan fingerprint density at radius 3 is 2.39 bits per heavy atom. The van der Waals surface area contributed by atoms with E-state index in [4.69, 9.17) is 9.47 Å². The number of nitrogens with one attached hydrogen (secondary N) is 3. The second-order valence-electron chi connectivity index (χ2n) is 21.5. The van der Waals surface area contributed by atoms with Crippen molar-refractivity contribution in [2.24, 2.45) is 12.5 Å². The van der Waals surface area contributed by atoms with Gasteiger partial charge >= 0.3 is 0 Å². The lowest BCUT2D eigenvalue weighted by atomic mass is 9.90. The number of aliphatic hydroxyl groups excluding tert-OH is 1. The number of hydrogen-bond acceptors (Lipinski definition) is 15. The van der Waals surface area contributed by atoms with E-state index in [1.807, 2.05) is 23.1 Å². The van der Waals surface area contributed by atoms with Crippen LogP contribution in [0, 0.1) is 5.41 Å². The van der Waals surface area contributed by atoms with E-state index in [0.717, 1.165) is 49.1 Å². The summed E-state index contributed by atoms with van der Waals surface area (Å²) in [5.41, 5.74) is 6.15. The smallest absolute Gasteiger partial charge is 0.276 e. The number of piperidine rings is 1. The third-order valence-corrected chi connectivity index (χ3v) is 15.4. The van der Waals surface area contributed by atoms with Gasteiger partial charge in [0.2, 0.25) is 23.6 Å². The Balaban J connectivity index is 0.617. The molecule has 414 valence electrons. The van der Waals surface area contributed by atoms with Gasteiger partial charge in [0, 0.05) is 95.0 Å². The quantitative estimate of drug-likeness (QED) is 0.0625. The number of hydrogen-bond donors (Lipinski definition) is 4. The molecule has 0 bridgehead atoms. The molecule has 4 aliphatic heterocycles. The lowest BCUT2D eigenvalue weighted by Crippen LogP contribution is -2.54. The third kappa shape index (κ3) is 11.4. The molecule has 0 radical (unpaired) electrons. The first-order chi connectivity index (χ1) is 38.1. The lowest BCUT2D eigenvalue weighted by molar-refractivity contribution is -0.136. The highest BCUT2D eigenvalue weighted by atomic mass is 16.5. The van der Waals surface area contributed by atoms with Gasteiger partial charge in [-0.15, -0.1) is 0 Å². The van der Waals surface area contributed by atoms with Gasteiger partial charge < -0.3 is 44.1 Å². The minimum atomic E-state index is -1.12. The second-order valence-corrected chi connectivity index (χ2v) is 21.5. The van der Waals surface area contributed by atoms with Crippen LogP contribution in [0.5, 0.6) is 0 Å². The van der Waals surface area contributed by atoms with E-state index in [9.17, 15) is 43.5 Å². The Labute approximate surface area is 456 Å². The topological polar surface area (TPSA) is 260 Å². The number of pyridine rings is 3. The predicted molar refractivity (Wildman–Crippen MR) is 291 cm³/mol. The van der Waals surface area contributed by atoms with Crippen molar-refractivity contribution in [2.75, 3.05) is 79.6 Å². The van der Waals surface area contributed by atoms with Crippen LogP contribution < -0.4 is 31.3 Å². The van der Waals surface area contributed by atoms with E-state index < -0.39 is 35.6 Å². The van der Waals surface area contributed by atoms with Crippen molar-refractivity contribution >= 4 is 70.0 Å². The number of aliphatic hydroxyl groups is 1. The molecule has 4 N–H and O–H groups in total. The monoisotopic (exact) mass is 1080 g/mol. The summed E-state index contributed by atoms with van der Waals surface area (Å²) in [6.45, 7) is 8.27. The van der Waals surface area contributed by atoms with Crippen LogP contribution in [0.4, 0.5) is 28.7 Å². The van der Waals surface area contributed by atoms with Crippen molar-refractivity contribution in [2.45, 2.75) is 90.8 Å². The molecule has 22 nitrogen and oxygen atoms in total. The molecule has 10 rings (SSSR count). The van der Waals surface area contributed by atoms with Crippen LogP contribution >= 0.6 is 0 Å². The predicted octanol–water partition coefficient (Wildman–Crippen LogP) is 4.34. The van der Waals surface area contributed by atoms with Crippen LogP contribution in [0.15, 0.2) is 71.9 Å². The molecule has 5 aliphatic rings. The molecular formula is C57H65N11O11. The number of amides is 7. The fourth-order valence-corrected chi connectivity index (χ4v) is 11.4. The molecule has 2 fully saturated rings. The summed E-state index contributed by atoms with van der Waals surface area (Å²) in [6.07, 6.45) is 10.8. The summed E-state index contributed by atoms with van der Waals surface area (Å²) in [6, 6.07) is 12.6. The Morgan fingerprint density at radius 1 is 0.823 bits per heavy atom. The minimum Gasteiger partial charge on any atom is -0.392 e. The number of carbonyl (C=O) groups excluding carboxylic acids is 7. The second kappa shape index (κ2) is 23.1. The van der Waals surface area contributed by atoms with E-state index in [0.29, 0.717) is 86.3 Å². The number of ether oxygens (including phenoxy) is 2. The van der Waals surface area contributed by atoms with Gasteiger partial charge in [-0.1, -0.05) is 32.8 Å². The van der Waals surface area contributed by atoms with E-state index in [1.165, 1.54) is 34.0 Å². The van der Waals surface area contributed by atoms with Crippen LogP contribution in [0.2, 0.25) is 0 Å². The summed E-state index contributed by atoms with van der Waals surface area (Å²) in [5, 5.41) is 18.7. The van der Waals surface area contributed by atoms with Gasteiger partial charge in [-0.3, -0.25) is 53.5 Å². The van der Waals surface area contributed by atoms with Crippen LogP contribution in [-0.4, -0.2) is 141 Å². The zero-order chi connectivity index (χ0) is 55.5. The van der Waals surface area contributed by atoms with Crippen molar-refractivity contribution in [3.8, 4) is 11.1 Å². The van der Waals surface area contributed by atoms with E-state index in [2.05, 4.69) is 49.2 Å². The largest absolute Gasteiger partial charge is 0.392 e. The molecule has 2 saturated heterocycles. The summed E-state index contributed by atoms with van der Waals surface area (Å²) in [5.74, 6) is -2.27. The Kier molecular flexibility index (Phi) is 15.9. The number of rotatable bonds is 20. The lowest BCUT2D eigenvalue weighted by Gasteiger charge is -2.36. The molecule has 1 atom stereocenters. The number of fused-ring (bicyclic) bond motifs is 4. The van der Waals surface area contributed by atoms with Gasteiger partial charge in [0.1, 0.15) is 35.7 Å². The first kappa shape index (κ1) is 54.3. The van der Waals surface area contributed by atoms with Crippen molar-refractivity contribution in [1.82, 2.24) is 34.2 Å². The third-order valence-electron chi connectivity index (χ3n) is 15.4. The number of imide groups is 2. The van der Waals surface area contributed by atoms with Gasteiger partial charge in [0.25, 0.3) is 23.3 Å². The first-order valence-electron chi connectivity index (χ1n) is 27.0. The number of benzene rings is 1. The number of carbonyl (C=O) groups is 7. The van der Waals surface area contributed by atoms with E-state index >= 15 is 0 Å². The van der Waals surface area contributed by atoms with Crippen LogP contribution in [-0.2, 0) is 61.7 Å². The highest BCUT2D eigenvalue weighted by molar-refractivity contribution is 6.26. The number of anilines is 5. The number of piperazine rings is 1. The summed E-state index contributed by atoms with van der Waals surface area (Å²) < 4.78 is 14.7. The van der Waals surface area contributed by atoms with Crippen LogP contribution in [0.1, 0.15) is 107 Å². The Hall–Kier alpha value is -8.08. The van der Waals surface area contributed by atoms with Crippen LogP contribution in [0.25, 0.3) is 11.1 Å². The van der Waals surface area contributed by atoms with Gasteiger partial charge in [-0.25, -0.2) is 9.97 Å². The number of aryl methyl sites for hydroxylation is 1. The molecule has 5 aromatic rings. The fourth-order valence-electron chi connectivity index (χ4n) is 11.4. The van der Waals surface area contributed by atoms with Crippen molar-refractivity contribution in [1.29, 1.82) is 0 Å². The minimum absolute atomic E-state index is 0.00123. The van der Waals surface area contributed by atoms with E-state index in [1.54, 1.807) is 42.7 Å². The fraction of sp³-hybridized carbons (Fsp3) is 0.439. The average molecular weight is 1080 g/mol. The van der Waals surface area contributed by atoms with Crippen molar-refractivity contribution < 1.29 is 48.1 Å². The molecule has 8 heterocycles. The molecule has 22 heteroatoms. The normalized spacial score (nSPS) is 17.7. The molecule has 4 aromatic heterocycles. The van der Waals surface area contributed by atoms with Crippen LogP contribution in [0.3, 0.4) is 0 Å². The summed E-state index contributed by atoms with van der Waals surface area (Å²) in [4.78, 5) is 119. The molecule has 1 aromatic carbocycles. The maximum absolute atomic E-state index is 14.0. The van der Waals surface area contributed by atoms with E-state index in [-0.39, 0.29) is 84.6 Å². The van der Waals surface area contributed by atoms with Gasteiger partial charge in [-0.2, -0.15) is 0 Å². The van der Waals surface area contributed by atoms with Gasteiger partial charge in [0.05, 0.1) is 48.5 Å². The molecule has 1 unspecified atom stereocenters.